The number of amides is 2. The lowest BCUT2D eigenvalue weighted by Crippen LogP contribution is -2.41. The molecule has 2 atom stereocenters. The molecule has 0 bridgehead atoms. The molecule has 0 aromatic carbocycles. The van der Waals surface area contributed by atoms with Gasteiger partial charge in [0.2, 0.25) is 11.8 Å². The van der Waals surface area contributed by atoms with Crippen molar-refractivity contribution in [2.24, 2.45) is 0 Å². The van der Waals surface area contributed by atoms with Gasteiger partial charge in [-0.05, 0) is 25.7 Å². The Morgan fingerprint density at radius 1 is 1.35 bits per heavy atom. The van der Waals surface area contributed by atoms with Crippen molar-refractivity contribution in [1.82, 2.24) is 10.2 Å². The van der Waals surface area contributed by atoms with Gasteiger partial charge >= 0.3 is 0 Å². The molecule has 1 N–H and O–H groups in total. The summed E-state index contributed by atoms with van der Waals surface area (Å²) in [7, 11) is 3.28. The molecule has 1 aliphatic rings. The molecule has 0 aromatic heterocycles. The van der Waals surface area contributed by atoms with Crippen molar-refractivity contribution in [2.45, 2.75) is 50.7 Å². The summed E-state index contributed by atoms with van der Waals surface area (Å²) >= 11 is 0. The van der Waals surface area contributed by atoms with Crippen LogP contribution in [0.2, 0.25) is 0 Å². The van der Waals surface area contributed by atoms with Gasteiger partial charge in [0.25, 0.3) is 5.09 Å². The summed E-state index contributed by atoms with van der Waals surface area (Å²) in [5.74, 6) is -0.301. The normalized spacial score (nSPS) is 21.9. The van der Waals surface area contributed by atoms with E-state index in [2.05, 4.69) is 10.2 Å². The molecule has 1 rings (SSSR count). The topological polar surface area (TPSA) is 102 Å². The minimum Gasteiger partial charge on any atom is -0.353 e. The molecule has 114 valence electrons. The first-order valence-corrected chi connectivity index (χ1v) is 6.69. The van der Waals surface area contributed by atoms with E-state index in [-0.39, 0.29) is 30.7 Å². The predicted molar refractivity (Wildman–Crippen MR) is 70.2 cm³/mol. The summed E-state index contributed by atoms with van der Waals surface area (Å²) in [6, 6.07) is -0.115. The number of hydrogen-bond donors (Lipinski definition) is 1. The van der Waals surface area contributed by atoms with Gasteiger partial charge in [0.05, 0.1) is 0 Å². The Kier molecular flexibility index (Phi) is 6.20. The van der Waals surface area contributed by atoms with Crippen molar-refractivity contribution in [3.8, 4) is 0 Å². The van der Waals surface area contributed by atoms with Crippen LogP contribution < -0.4 is 5.32 Å². The third-order valence-corrected chi connectivity index (χ3v) is 3.29. The summed E-state index contributed by atoms with van der Waals surface area (Å²) in [5, 5.41) is 12.3. The standard InChI is InChI=1S/C12H21N3O5/c1-14(2)12(17)7-6-11(16)13-9-4-3-5-10(8-9)20-15(18)19/h9-10H,3-8H2,1-2H3,(H,13,16). The van der Waals surface area contributed by atoms with Gasteiger partial charge in [-0.2, -0.15) is 0 Å². The smallest absolute Gasteiger partial charge is 0.294 e. The molecule has 0 saturated heterocycles. The number of carbonyl (C=O) groups excluding carboxylic acids is 2. The van der Waals surface area contributed by atoms with Gasteiger partial charge in [-0.3, -0.25) is 9.59 Å². The molecule has 0 aromatic rings. The fraction of sp³-hybridized carbons (Fsp3) is 0.833. The fourth-order valence-corrected chi connectivity index (χ4v) is 2.24. The molecule has 8 heteroatoms. The highest BCUT2D eigenvalue weighted by atomic mass is 17.0. The third kappa shape index (κ3) is 5.85. The van der Waals surface area contributed by atoms with Gasteiger partial charge in [0.1, 0.15) is 6.10 Å². The molecule has 20 heavy (non-hydrogen) atoms. The second kappa shape index (κ2) is 7.66. The first-order chi connectivity index (χ1) is 9.38. The van der Waals surface area contributed by atoms with Crippen molar-refractivity contribution in [1.29, 1.82) is 0 Å². The van der Waals surface area contributed by atoms with Gasteiger partial charge < -0.3 is 15.1 Å². The number of rotatable bonds is 6. The zero-order valence-electron chi connectivity index (χ0n) is 11.8. The van der Waals surface area contributed by atoms with E-state index in [0.717, 1.165) is 12.8 Å². The highest BCUT2D eigenvalue weighted by Crippen LogP contribution is 2.21. The lowest BCUT2D eigenvalue weighted by atomic mass is 9.93. The lowest BCUT2D eigenvalue weighted by molar-refractivity contribution is -0.769. The number of carbonyl (C=O) groups is 2. The zero-order valence-corrected chi connectivity index (χ0v) is 11.8. The van der Waals surface area contributed by atoms with Crippen molar-refractivity contribution in [3.05, 3.63) is 10.1 Å². The van der Waals surface area contributed by atoms with Crippen LogP contribution in [-0.2, 0) is 14.4 Å². The number of hydrogen-bond acceptors (Lipinski definition) is 5. The maximum Gasteiger partial charge on any atom is 0.294 e. The van der Waals surface area contributed by atoms with Crippen LogP contribution in [0.5, 0.6) is 0 Å². The average molecular weight is 287 g/mol. The minimum absolute atomic E-state index is 0.0987. The van der Waals surface area contributed by atoms with E-state index < -0.39 is 11.2 Å². The molecule has 1 fully saturated rings. The second-order valence-corrected chi connectivity index (χ2v) is 5.17. The maximum atomic E-state index is 11.7. The van der Waals surface area contributed by atoms with Gasteiger partial charge in [0, 0.05) is 33.0 Å². The van der Waals surface area contributed by atoms with Crippen LogP contribution in [-0.4, -0.2) is 48.0 Å². The average Bonchev–Trinajstić information content (AvgIpc) is 2.35. The molecule has 0 radical (unpaired) electrons. The molecule has 8 nitrogen and oxygen atoms in total. The number of nitrogens with one attached hydrogen (secondary N) is 1. The molecule has 0 heterocycles. The summed E-state index contributed by atoms with van der Waals surface area (Å²) < 4.78 is 0. The Balaban J connectivity index is 2.30. The summed E-state index contributed by atoms with van der Waals surface area (Å²) in [4.78, 5) is 39.3. The summed E-state index contributed by atoms with van der Waals surface area (Å²) in [6.07, 6.45) is 2.48. The molecular formula is C12H21N3O5. The van der Waals surface area contributed by atoms with Gasteiger partial charge in [-0.25, -0.2) is 0 Å². The van der Waals surface area contributed by atoms with E-state index in [1.165, 1.54) is 4.90 Å². The second-order valence-electron chi connectivity index (χ2n) is 5.17. The Hall–Kier alpha value is -1.86. The van der Waals surface area contributed by atoms with Crippen LogP contribution in [0.15, 0.2) is 0 Å². The Bertz CT molecular complexity index is 372. The minimum atomic E-state index is -0.787. The maximum absolute atomic E-state index is 11.7. The van der Waals surface area contributed by atoms with E-state index in [1.807, 2.05) is 0 Å². The SMILES string of the molecule is CN(C)C(=O)CCC(=O)NC1CCCC(O[N+](=O)[O-])C1. The number of nitrogens with zero attached hydrogens (tertiary/aromatic N) is 2. The van der Waals surface area contributed by atoms with E-state index in [9.17, 15) is 19.7 Å². The van der Waals surface area contributed by atoms with Crippen molar-refractivity contribution in [3.63, 3.8) is 0 Å². The molecule has 1 aliphatic carbocycles. The van der Waals surface area contributed by atoms with Gasteiger partial charge in [-0.1, -0.05) is 0 Å². The van der Waals surface area contributed by atoms with Crippen LogP contribution >= 0.6 is 0 Å². The van der Waals surface area contributed by atoms with Gasteiger partial charge in [0.15, 0.2) is 0 Å². The van der Waals surface area contributed by atoms with Crippen LogP contribution in [0, 0.1) is 10.1 Å². The monoisotopic (exact) mass is 287 g/mol. The largest absolute Gasteiger partial charge is 0.353 e. The molecular weight excluding hydrogens is 266 g/mol. The summed E-state index contributed by atoms with van der Waals surface area (Å²) in [6.45, 7) is 0. The van der Waals surface area contributed by atoms with Crippen LogP contribution in [0.1, 0.15) is 38.5 Å². The van der Waals surface area contributed by atoms with E-state index in [1.54, 1.807) is 14.1 Å². The lowest BCUT2D eigenvalue weighted by Gasteiger charge is -2.28. The van der Waals surface area contributed by atoms with Crippen molar-refractivity contribution in [2.75, 3.05) is 14.1 Å². The summed E-state index contributed by atoms with van der Waals surface area (Å²) in [5.41, 5.74) is 0. The zero-order chi connectivity index (χ0) is 15.1. The molecule has 0 spiro atoms. The Labute approximate surface area is 117 Å². The fourth-order valence-electron chi connectivity index (χ4n) is 2.24. The molecule has 2 amide bonds. The van der Waals surface area contributed by atoms with Crippen LogP contribution in [0.4, 0.5) is 0 Å². The van der Waals surface area contributed by atoms with Crippen molar-refractivity contribution >= 4 is 11.8 Å². The highest BCUT2D eigenvalue weighted by Gasteiger charge is 2.25. The van der Waals surface area contributed by atoms with Crippen molar-refractivity contribution < 1.29 is 19.5 Å². The Morgan fingerprint density at radius 2 is 2.05 bits per heavy atom. The quantitative estimate of drug-likeness (QED) is 0.566. The first-order valence-electron chi connectivity index (χ1n) is 6.69. The van der Waals surface area contributed by atoms with E-state index in [0.29, 0.717) is 12.8 Å². The van der Waals surface area contributed by atoms with E-state index in [4.69, 9.17) is 0 Å². The highest BCUT2D eigenvalue weighted by molar-refractivity contribution is 5.83. The predicted octanol–water partition coefficient (Wildman–Crippen LogP) is 0.491. The van der Waals surface area contributed by atoms with Crippen LogP contribution in [0.3, 0.4) is 0 Å². The molecule has 1 saturated carbocycles. The Morgan fingerprint density at radius 3 is 2.65 bits per heavy atom. The van der Waals surface area contributed by atoms with Gasteiger partial charge in [-0.15, -0.1) is 10.1 Å². The third-order valence-electron chi connectivity index (χ3n) is 3.29. The first kappa shape index (κ1) is 16.2. The van der Waals surface area contributed by atoms with Crippen LogP contribution in [0.25, 0.3) is 0 Å². The van der Waals surface area contributed by atoms with E-state index >= 15 is 0 Å². The molecule has 2 unspecified atom stereocenters. The molecule has 0 aliphatic heterocycles.